The molecule has 1 unspecified atom stereocenters. The first kappa shape index (κ1) is 12.2. The molecule has 1 aliphatic rings. The zero-order valence-corrected chi connectivity index (χ0v) is 9.98. The Hall–Kier alpha value is -1.30. The number of carbonyl (C=O) groups excluding carboxylic acids is 1. The maximum Gasteiger partial charge on any atom is 0.258 e. The van der Waals surface area contributed by atoms with Crippen molar-refractivity contribution in [3.8, 4) is 0 Å². The van der Waals surface area contributed by atoms with E-state index in [1.54, 1.807) is 12.1 Å². The standard InChI is InChI=1S/C11H12F2N2OS/c1-6(11(12)13)14-7-2-3-9-8(4-7)15-10(16)5-17-9/h2-4,6,11,14H,5H2,1H3,(H,15,16). The number of benzene rings is 1. The number of nitrogens with one attached hydrogen (secondary N) is 2. The van der Waals surface area contributed by atoms with Gasteiger partial charge in [0.1, 0.15) is 0 Å². The number of anilines is 2. The number of thioether (sulfide) groups is 1. The van der Waals surface area contributed by atoms with Crippen LogP contribution >= 0.6 is 11.8 Å². The van der Waals surface area contributed by atoms with Crippen molar-refractivity contribution in [1.29, 1.82) is 0 Å². The lowest BCUT2D eigenvalue weighted by atomic mass is 10.2. The maximum absolute atomic E-state index is 12.4. The normalized spacial score (nSPS) is 16.4. The molecule has 0 radical (unpaired) electrons. The molecule has 1 aliphatic heterocycles. The molecule has 17 heavy (non-hydrogen) atoms. The maximum atomic E-state index is 12.4. The van der Waals surface area contributed by atoms with Crippen molar-refractivity contribution in [3.63, 3.8) is 0 Å². The number of fused-ring (bicyclic) bond motifs is 1. The first-order valence-electron chi connectivity index (χ1n) is 5.17. The van der Waals surface area contributed by atoms with Gasteiger partial charge in [0.2, 0.25) is 5.91 Å². The largest absolute Gasteiger partial charge is 0.377 e. The summed E-state index contributed by atoms with van der Waals surface area (Å²) in [4.78, 5) is 12.2. The Labute approximate surface area is 102 Å². The number of hydrogen-bond donors (Lipinski definition) is 2. The van der Waals surface area contributed by atoms with Gasteiger partial charge in [-0.25, -0.2) is 8.78 Å². The van der Waals surface area contributed by atoms with Crippen molar-refractivity contribution < 1.29 is 13.6 Å². The Morgan fingerprint density at radius 2 is 2.24 bits per heavy atom. The molecule has 6 heteroatoms. The van der Waals surface area contributed by atoms with Gasteiger partial charge >= 0.3 is 0 Å². The lowest BCUT2D eigenvalue weighted by Crippen LogP contribution is -2.24. The molecule has 0 fully saturated rings. The third-order valence-electron chi connectivity index (χ3n) is 2.38. The fourth-order valence-electron chi connectivity index (χ4n) is 1.50. The second kappa shape index (κ2) is 4.91. The van der Waals surface area contributed by atoms with Gasteiger partial charge in [-0.3, -0.25) is 4.79 Å². The predicted octanol–water partition coefficient (Wildman–Crippen LogP) is 2.80. The van der Waals surface area contributed by atoms with Crippen molar-refractivity contribution >= 4 is 29.0 Å². The number of alkyl halides is 2. The highest BCUT2D eigenvalue weighted by atomic mass is 32.2. The zero-order valence-electron chi connectivity index (χ0n) is 9.17. The minimum absolute atomic E-state index is 0.0680. The summed E-state index contributed by atoms with van der Waals surface area (Å²) in [5, 5.41) is 5.41. The van der Waals surface area contributed by atoms with Crippen LogP contribution in [0, 0.1) is 0 Å². The molecule has 1 heterocycles. The average molecular weight is 258 g/mol. The fourth-order valence-corrected chi connectivity index (χ4v) is 2.29. The SMILES string of the molecule is CC(Nc1ccc2c(c1)NC(=O)CS2)C(F)F. The van der Waals surface area contributed by atoms with Gasteiger partial charge in [-0.05, 0) is 25.1 Å². The monoisotopic (exact) mass is 258 g/mol. The smallest absolute Gasteiger partial charge is 0.258 e. The number of carbonyl (C=O) groups is 1. The predicted molar refractivity (Wildman–Crippen MR) is 64.9 cm³/mol. The highest BCUT2D eigenvalue weighted by Gasteiger charge is 2.17. The van der Waals surface area contributed by atoms with Crippen LogP contribution in [0.2, 0.25) is 0 Å². The van der Waals surface area contributed by atoms with E-state index in [9.17, 15) is 13.6 Å². The topological polar surface area (TPSA) is 41.1 Å². The Morgan fingerprint density at radius 1 is 1.47 bits per heavy atom. The summed E-state index contributed by atoms with van der Waals surface area (Å²) in [6.45, 7) is 1.41. The first-order valence-corrected chi connectivity index (χ1v) is 6.16. The van der Waals surface area contributed by atoms with Crippen molar-refractivity contribution in [2.75, 3.05) is 16.4 Å². The fraction of sp³-hybridized carbons (Fsp3) is 0.364. The van der Waals surface area contributed by atoms with Gasteiger partial charge in [-0.1, -0.05) is 0 Å². The van der Waals surface area contributed by atoms with Crippen LogP contribution < -0.4 is 10.6 Å². The molecule has 0 spiro atoms. The Balaban J connectivity index is 2.15. The molecule has 3 nitrogen and oxygen atoms in total. The molecule has 0 aliphatic carbocycles. The highest BCUT2D eigenvalue weighted by Crippen LogP contribution is 2.33. The number of rotatable bonds is 3. The molecule has 0 saturated carbocycles. The zero-order chi connectivity index (χ0) is 12.4. The van der Waals surface area contributed by atoms with E-state index in [1.165, 1.54) is 18.7 Å². The molecular weight excluding hydrogens is 246 g/mol. The molecule has 0 aromatic heterocycles. The summed E-state index contributed by atoms with van der Waals surface area (Å²) in [6.07, 6.45) is -2.42. The van der Waals surface area contributed by atoms with E-state index in [2.05, 4.69) is 10.6 Å². The van der Waals surface area contributed by atoms with Gasteiger partial charge in [0.15, 0.2) is 0 Å². The number of halogens is 2. The van der Waals surface area contributed by atoms with Crippen molar-refractivity contribution in [1.82, 2.24) is 0 Å². The van der Waals surface area contributed by atoms with Crippen LogP contribution in [0.5, 0.6) is 0 Å². The van der Waals surface area contributed by atoms with Gasteiger partial charge in [-0.2, -0.15) is 0 Å². The average Bonchev–Trinajstić information content (AvgIpc) is 2.28. The first-order chi connectivity index (χ1) is 8.06. The van der Waals surface area contributed by atoms with E-state index in [4.69, 9.17) is 0 Å². The quantitative estimate of drug-likeness (QED) is 0.876. The Bertz CT molecular complexity index is 439. The van der Waals surface area contributed by atoms with Crippen LogP contribution in [0.3, 0.4) is 0 Å². The number of hydrogen-bond acceptors (Lipinski definition) is 3. The van der Waals surface area contributed by atoms with Crippen molar-refractivity contribution in [2.45, 2.75) is 24.3 Å². The second-order valence-electron chi connectivity index (χ2n) is 3.82. The lowest BCUT2D eigenvalue weighted by Gasteiger charge is -2.19. The minimum Gasteiger partial charge on any atom is -0.377 e. The molecule has 2 rings (SSSR count). The summed E-state index contributed by atoms with van der Waals surface area (Å²) >= 11 is 1.44. The lowest BCUT2D eigenvalue weighted by molar-refractivity contribution is -0.113. The van der Waals surface area contributed by atoms with E-state index in [0.717, 1.165) is 4.90 Å². The molecule has 0 bridgehead atoms. The van der Waals surface area contributed by atoms with E-state index in [1.807, 2.05) is 6.07 Å². The molecule has 2 N–H and O–H groups in total. The van der Waals surface area contributed by atoms with Crippen molar-refractivity contribution in [2.24, 2.45) is 0 Å². The summed E-state index contributed by atoms with van der Waals surface area (Å²) in [5.41, 5.74) is 1.26. The van der Waals surface area contributed by atoms with Crippen LogP contribution in [-0.4, -0.2) is 24.1 Å². The van der Waals surface area contributed by atoms with Crippen LogP contribution in [0.25, 0.3) is 0 Å². The van der Waals surface area contributed by atoms with Crippen LogP contribution in [0.1, 0.15) is 6.92 Å². The Morgan fingerprint density at radius 3 is 2.94 bits per heavy atom. The molecule has 1 atom stereocenters. The van der Waals surface area contributed by atoms with Crippen molar-refractivity contribution in [3.05, 3.63) is 18.2 Å². The summed E-state index contributed by atoms with van der Waals surface area (Å²) in [6, 6.07) is 4.32. The van der Waals surface area contributed by atoms with Crippen LogP contribution in [0.4, 0.5) is 20.2 Å². The second-order valence-corrected chi connectivity index (χ2v) is 4.83. The Kier molecular flexibility index (Phi) is 3.51. The number of amides is 1. The summed E-state index contributed by atoms with van der Waals surface area (Å²) < 4.78 is 24.8. The van der Waals surface area contributed by atoms with Crippen LogP contribution in [-0.2, 0) is 4.79 Å². The van der Waals surface area contributed by atoms with Crippen LogP contribution in [0.15, 0.2) is 23.1 Å². The molecule has 1 aromatic rings. The van der Waals surface area contributed by atoms with E-state index < -0.39 is 12.5 Å². The third-order valence-corrected chi connectivity index (χ3v) is 3.46. The van der Waals surface area contributed by atoms with Gasteiger partial charge in [-0.15, -0.1) is 11.8 Å². The minimum atomic E-state index is -2.42. The van der Waals surface area contributed by atoms with Gasteiger partial charge < -0.3 is 10.6 Å². The molecule has 0 saturated heterocycles. The molecular formula is C11H12F2N2OS. The summed E-state index contributed by atoms with van der Waals surface area (Å²) in [5.74, 6) is 0.328. The molecule has 1 aromatic carbocycles. The molecule has 1 amide bonds. The van der Waals surface area contributed by atoms with Gasteiger partial charge in [0.05, 0.1) is 17.5 Å². The highest BCUT2D eigenvalue weighted by molar-refractivity contribution is 8.00. The van der Waals surface area contributed by atoms with Gasteiger partial charge in [0.25, 0.3) is 6.43 Å². The van der Waals surface area contributed by atoms with E-state index in [0.29, 0.717) is 17.1 Å². The summed E-state index contributed by atoms with van der Waals surface area (Å²) in [7, 11) is 0. The third kappa shape index (κ3) is 2.88. The van der Waals surface area contributed by atoms with Gasteiger partial charge in [0, 0.05) is 10.6 Å². The molecule has 92 valence electrons. The van der Waals surface area contributed by atoms with E-state index in [-0.39, 0.29) is 5.91 Å². The van der Waals surface area contributed by atoms with E-state index >= 15 is 0 Å².